The number of hydrogen-bond acceptors (Lipinski definition) is 6. The molecular weight excluding hydrogens is 500 g/mol. The standard InChI is InChI=1S/C29H40N4O4S/c34-28(11-3-1-4-14-31-29(38)32-24-12-13-26-27(20-24)37-22-36-26)30-15-8-18-35-25-10-7-9-23(19-25)21-33-16-5-2-6-17-33/h7,9-10,12-13,19-20H,1-6,8,11,14-18,21-22H2,(H,30,34)(H2,31,32,38). The zero-order valence-electron chi connectivity index (χ0n) is 22.1. The fourth-order valence-electron chi connectivity index (χ4n) is 4.63. The Morgan fingerprint density at radius 3 is 2.66 bits per heavy atom. The average molecular weight is 541 g/mol. The molecule has 9 heteroatoms. The first-order chi connectivity index (χ1) is 18.7. The molecule has 8 nitrogen and oxygen atoms in total. The number of fused-ring (bicyclic) bond motifs is 1. The van der Waals surface area contributed by atoms with Crippen LogP contribution in [0.15, 0.2) is 42.5 Å². The zero-order valence-corrected chi connectivity index (χ0v) is 23.0. The molecule has 0 spiro atoms. The second-order valence-electron chi connectivity index (χ2n) is 9.80. The first kappa shape index (κ1) is 28.0. The highest BCUT2D eigenvalue weighted by atomic mass is 32.1. The molecule has 4 rings (SSSR count). The minimum atomic E-state index is 0.0986. The largest absolute Gasteiger partial charge is 0.494 e. The van der Waals surface area contributed by atoms with Crippen molar-refractivity contribution in [3.05, 3.63) is 48.0 Å². The number of ether oxygens (including phenoxy) is 3. The van der Waals surface area contributed by atoms with Gasteiger partial charge in [-0.1, -0.05) is 25.0 Å². The van der Waals surface area contributed by atoms with Crippen molar-refractivity contribution in [2.24, 2.45) is 0 Å². The number of benzene rings is 2. The van der Waals surface area contributed by atoms with E-state index in [2.05, 4.69) is 39.0 Å². The molecule has 2 heterocycles. The summed E-state index contributed by atoms with van der Waals surface area (Å²) in [4.78, 5) is 14.6. The maximum Gasteiger partial charge on any atom is 0.231 e. The van der Waals surface area contributed by atoms with Crippen LogP contribution in [0.25, 0.3) is 0 Å². The maximum atomic E-state index is 12.1. The van der Waals surface area contributed by atoms with Crippen molar-refractivity contribution >= 4 is 28.9 Å². The number of hydrogen-bond donors (Lipinski definition) is 3. The third-order valence-corrected chi connectivity index (χ3v) is 6.91. The predicted octanol–water partition coefficient (Wildman–Crippen LogP) is 4.83. The van der Waals surface area contributed by atoms with Crippen LogP contribution in [0.3, 0.4) is 0 Å². The molecule has 0 bridgehead atoms. The second kappa shape index (κ2) is 15.4. The molecule has 206 valence electrons. The van der Waals surface area contributed by atoms with E-state index in [0.717, 1.165) is 61.7 Å². The van der Waals surface area contributed by atoms with Crippen molar-refractivity contribution in [2.45, 2.75) is 57.9 Å². The van der Waals surface area contributed by atoms with Crippen LogP contribution in [-0.2, 0) is 11.3 Å². The number of nitrogens with zero attached hydrogens (tertiary/aromatic N) is 1. The van der Waals surface area contributed by atoms with Gasteiger partial charge < -0.3 is 30.2 Å². The Kier molecular flexibility index (Phi) is 11.3. The lowest BCUT2D eigenvalue weighted by Crippen LogP contribution is -2.29. The van der Waals surface area contributed by atoms with Gasteiger partial charge in [-0.3, -0.25) is 9.69 Å². The van der Waals surface area contributed by atoms with Crippen molar-refractivity contribution in [1.29, 1.82) is 0 Å². The summed E-state index contributed by atoms with van der Waals surface area (Å²) in [6, 6.07) is 14.0. The first-order valence-electron chi connectivity index (χ1n) is 13.8. The molecule has 0 aliphatic carbocycles. The van der Waals surface area contributed by atoms with Gasteiger partial charge in [0.05, 0.1) is 6.61 Å². The topological polar surface area (TPSA) is 84.1 Å². The molecule has 0 aromatic heterocycles. The summed E-state index contributed by atoms with van der Waals surface area (Å²) < 4.78 is 16.6. The lowest BCUT2D eigenvalue weighted by molar-refractivity contribution is -0.121. The van der Waals surface area contributed by atoms with Crippen LogP contribution in [0.5, 0.6) is 17.2 Å². The summed E-state index contributed by atoms with van der Waals surface area (Å²) in [7, 11) is 0. The van der Waals surface area contributed by atoms with Gasteiger partial charge >= 0.3 is 0 Å². The van der Waals surface area contributed by atoms with E-state index in [1.54, 1.807) is 0 Å². The number of unbranched alkanes of at least 4 members (excludes halogenated alkanes) is 2. The minimum absolute atomic E-state index is 0.0986. The number of thiocarbonyl (C=S) groups is 1. The number of anilines is 1. The maximum absolute atomic E-state index is 12.1. The molecule has 1 amide bonds. The number of nitrogens with one attached hydrogen (secondary N) is 3. The number of carbonyl (C=O) groups excluding carboxylic acids is 1. The van der Waals surface area contributed by atoms with Crippen LogP contribution in [0.4, 0.5) is 5.69 Å². The Bertz CT molecular complexity index is 1040. The van der Waals surface area contributed by atoms with Crippen LogP contribution in [-0.4, -0.2) is 55.5 Å². The van der Waals surface area contributed by atoms with E-state index in [9.17, 15) is 4.79 Å². The van der Waals surface area contributed by atoms with E-state index in [1.807, 2.05) is 24.3 Å². The second-order valence-corrected chi connectivity index (χ2v) is 10.2. The molecule has 38 heavy (non-hydrogen) atoms. The normalized spacial score (nSPS) is 14.6. The Labute approximate surface area is 231 Å². The molecule has 2 aromatic carbocycles. The summed E-state index contributed by atoms with van der Waals surface area (Å²) in [6.07, 6.45) is 8.05. The van der Waals surface area contributed by atoms with Crippen molar-refractivity contribution in [1.82, 2.24) is 15.5 Å². The van der Waals surface area contributed by atoms with Gasteiger partial charge in [-0.2, -0.15) is 0 Å². The molecule has 0 radical (unpaired) electrons. The summed E-state index contributed by atoms with van der Waals surface area (Å²) in [5.74, 6) is 2.47. The van der Waals surface area contributed by atoms with Crippen molar-refractivity contribution in [3.8, 4) is 17.2 Å². The summed E-state index contributed by atoms with van der Waals surface area (Å²) >= 11 is 5.35. The summed E-state index contributed by atoms with van der Waals surface area (Å²) in [6.45, 7) is 5.62. The van der Waals surface area contributed by atoms with Crippen LogP contribution in [0.1, 0.15) is 56.9 Å². The molecule has 0 atom stereocenters. The molecule has 1 saturated heterocycles. The molecule has 2 aliphatic rings. The molecule has 3 N–H and O–H groups in total. The van der Waals surface area contributed by atoms with E-state index >= 15 is 0 Å². The Morgan fingerprint density at radius 1 is 0.921 bits per heavy atom. The molecule has 2 aliphatic heterocycles. The van der Waals surface area contributed by atoms with Gasteiger partial charge in [-0.05, 0) is 87.2 Å². The third-order valence-electron chi connectivity index (χ3n) is 6.66. The Hall–Kier alpha value is -3.04. The van der Waals surface area contributed by atoms with E-state index in [-0.39, 0.29) is 12.7 Å². The smallest absolute Gasteiger partial charge is 0.231 e. The van der Waals surface area contributed by atoms with Crippen LogP contribution < -0.4 is 30.2 Å². The number of likely N-dealkylation sites (tertiary alicyclic amines) is 1. The SMILES string of the molecule is O=C(CCCCCNC(=S)Nc1ccc2c(c1)OCO2)NCCCOc1cccc(CN2CCCCC2)c1. The van der Waals surface area contributed by atoms with Crippen molar-refractivity contribution < 1.29 is 19.0 Å². The van der Waals surface area contributed by atoms with E-state index in [4.69, 9.17) is 26.4 Å². The molecule has 0 saturated carbocycles. The van der Waals surface area contributed by atoms with Gasteiger partial charge in [0.15, 0.2) is 16.6 Å². The highest BCUT2D eigenvalue weighted by molar-refractivity contribution is 7.80. The van der Waals surface area contributed by atoms with Crippen LogP contribution in [0, 0.1) is 0 Å². The molecular formula is C29H40N4O4S. The Morgan fingerprint density at radius 2 is 1.76 bits per heavy atom. The van der Waals surface area contributed by atoms with Gasteiger partial charge in [0.1, 0.15) is 5.75 Å². The number of piperidine rings is 1. The van der Waals surface area contributed by atoms with Gasteiger partial charge in [-0.25, -0.2) is 0 Å². The monoisotopic (exact) mass is 540 g/mol. The minimum Gasteiger partial charge on any atom is -0.494 e. The zero-order chi connectivity index (χ0) is 26.4. The number of carbonyl (C=O) groups is 1. The third kappa shape index (κ3) is 9.68. The fraction of sp³-hybridized carbons (Fsp3) is 0.517. The van der Waals surface area contributed by atoms with E-state index < -0.39 is 0 Å². The highest BCUT2D eigenvalue weighted by Crippen LogP contribution is 2.34. The summed E-state index contributed by atoms with van der Waals surface area (Å²) in [5, 5.41) is 9.92. The van der Waals surface area contributed by atoms with Gasteiger partial charge in [0.25, 0.3) is 0 Å². The van der Waals surface area contributed by atoms with Crippen molar-refractivity contribution in [3.63, 3.8) is 0 Å². The number of rotatable bonds is 14. The lowest BCUT2D eigenvalue weighted by Gasteiger charge is -2.26. The average Bonchev–Trinajstić information content (AvgIpc) is 3.39. The lowest BCUT2D eigenvalue weighted by atomic mass is 10.1. The highest BCUT2D eigenvalue weighted by Gasteiger charge is 2.13. The van der Waals surface area contributed by atoms with E-state index in [1.165, 1.54) is 37.9 Å². The van der Waals surface area contributed by atoms with Gasteiger partial charge in [-0.15, -0.1) is 0 Å². The van der Waals surface area contributed by atoms with Crippen molar-refractivity contribution in [2.75, 3.05) is 44.9 Å². The Balaban J connectivity index is 0.981. The molecule has 2 aromatic rings. The van der Waals surface area contributed by atoms with Crippen LogP contribution >= 0.6 is 12.2 Å². The quantitative estimate of drug-likeness (QED) is 0.232. The first-order valence-corrected chi connectivity index (χ1v) is 14.2. The van der Waals surface area contributed by atoms with Gasteiger partial charge in [0, 0.05) is 37.8 Å². The molecule has 0 unspecified atom stereocenters. The predicted molar refractivity (Wildman–Crippen MR) is 154 cm³/mol. The van der Waals surface area contributed by atoms with Crippen LogP contribution in [0.2, 0.25) is 0 Å². The number of amides is 1. The van der Waals surface area contributed by atoms with E-state index in [0.29, 0.717) is 24.7 Å². The fourth-order valence-corrected chi connectivity index (χ4v) is 4.85. The van der Waals surface area contributed by atoms with Gasteiger partial charge in [0.2, 0.25) is 12.7 Å². The molecule has 1 fully saturated rings. The summed E-state index contributed by atoms with van der Waals surface area (Å²) in [5.41, 5.74) is 2.16.